The van der Waals surface area contributed by atoms with E-state index >= 15 is 0 Å². The van der Waals surface area contributed by atoms with Gasteiger partial charge >= 0.3 is 0 Å². The first kappa shape index (κ1) is 23.1. The number of hydrogen-bond acceptors (Lipinski definition) is 5. The van der Waals surface area contributed by atoms with Gasteiger partial charge in [0.05, 0.1) is 12.7 Å². The number of carbonyl (C=O) groups excluding carboxylic acids is 1. The van der Waals surface area contributed by atoms with Crippen molar-refractivity contribution < 1.29 is 14.6 Å². The normalized spacial score (nSPS) is 14.4. The smallest absolute Gasteiger partial charge is 0.164 e. The predicted molar refractivity (Wildman–Crippen MR) is 117 cm³/mol. The van der Waals surface area contributed by atoms with Crippen LogP contribution in [-0.2, 0) is 0 Å². The van der Waals surface area contributed by atoms with E-state index in [0.29, 0.717) is 31.1 Å². The molecule has 2 aromatic rings. The van der Waals surface area contributed by atoms with Crippen molar-refractivity contribution in [3.05, 3.63) is 65.7 Å². The summed E-state index contributed by atoms with van der Waals surface area (Å²) in [4.78, 5) is 14.6. The van der Waals surface area contributed by atoms with Crippen LogP contribution in [0.25, 0.3) is 0 Å². The van der Waals surface area contributed by atoms with E-state index in [1.165, 1.54) is 0 Å². The molecule has 2 N–H and O–H groups in total. The van der Waals surface area contributed by atoms with Gasteiger partial charge in [-0.05, 0) is 50.8 Å². The van der Waals surface area contributed by atoms with Crippen LogP contribution in [0.4, 0.5) is 0 Å². The molecule has 5 heteroatoms. The number of nitrogens with one attached hydrogen (secondary N) is 1. The molecule has 0 amide bonds. The number of aliphatic hydroxyl groups excluding tert-OH is 1. The summed E-state index contributed by atoms with van der Waals surface area (Å²) in [5, 5.41) is 13.6. The fourth-order valence-corrected chi connectivity index (χ4v) is 3.26. The molecular formula is C24H34N2O3. The second-order valence-corrected chi connectivity index (χ2v) is 7.97. The van der Waals surface area contributed by atoms with Crippen LogP contribution in [0, 0.1) is 5.92 Å². The minimum Gasteiger partial charge on any atom is -0.493 e. The number of Topliss-reactive ketones (excluding diaryl/α,β-unsaturated/α-hetero) is 1. The zero-order valence-electron chi connectivity index (χ0n) is 18.0. The molecule has 5 nitrogen and oxygen atoms in total. The third-order valence-corrected chi connectivity index (χ3v) is 4.82. The van der Waals surface area contributed by atoms with Gasteiger partial charge in [-0.2, -0.15) is 0 Å². The van der Waals surface area contributed by atoms with Crippen LogP contribution in [-0.4, -0.2) is 55.6 Å². The third-order valence-electron chi connectivity index (χ3n) is 4.82. The molecule has 3 unspecified atom stereocenters. The number of rotatable bonds is 12. The first-order valence-electron chi connectivity index (χ1n) is 10.2. The van der Waals surface area contributed by atoms with Gasteiger partial charge in [0.25, 0.3) is 0 Å². The Balaban J connectivity index is 1.75. The van der Waals surface area contributed by atoms with Gasteiger partial charge < -0.3 is 20.1 Å². The molecule has 0 radical (unpaired) electrons. The standard InChI is InChI=1S/C24H34N2O3/c1-18(16-26(3)4)17-29-22-12-10-20(11-13-22)23(27)14-15-25-19(2)24(28)21-8-6-5-7-9-21/h5-13,18-19,24-25,28H,14-17H2,1-4H3. The second-order valence-electron chi connectivity index (χ2n) is 7.97. The molecule has 29 heavy (non-hydrogen) atoms. The highest BCUT2D eigenvalue weighted by atomic mass is 16.5. The van der Waals surface area contributed by atoms with Gasteiger partial charge in [-0.25, -0.2) is 0 Å². The van der Waals surface area contributed by atoms with Crippen LogP contribution in [0.5, 0.6) is 5.75 Å². The highest BCUT2D eigenvalue weighted by Gasteiger charge is 2.16. The highest BCUT2D eigenvalue weighted by molar-refractivity contribution is 5.96. The molecule has 2 rings (SSSR count). The van der Waals surface area contributed by atoms with Crippen LogP contribution in [0.15, 0.2) is 54.6 Å². The predicted octanol–water partition coefficient (Wildman–Crippen LogP) is 3.55. The van der Waals surface area contributed by atoms with E-state index < -0.39 is 6.10 Å². The lowest BCUT2D eigenvalue weighted by atomic mass is 10.0. The maximum atomic E-state index is 12.4. The summed E-state index contributed by atoms with van der Waals surface area (Å²) in [6.07, 6.45) is -0.219. The van der Waals surface area contributed by atoms with E-state index in [9.17, 15) is 9.90 Å². The van der Waals surface area contributed by atoms with Crippen LogP contribution < -0.4 is 10.1 Å². The Morgan fingerprint density at radius 3 is 2.34 bits per heavy atom. The topological polar surface area (TPSA) is 61.8 Å². The SMILES string of the molecule is CC(COc1ccc(C(=O)CCNC(C)C(O)c2ccccc2)cc1)CN(C)C. The fraction of sp³-hybridized carbons (Fsp3) is 0.458. The third kappa shape index (κ3) is 7.97. The Bertz CT molecular complexity index is 732. The van der Waals surface area contributed by atoms with Crippen molar-refractivity contribution in [2.24, 2.45) is 5.92 Å². The van der Waals surface area contributed by atoms with E-state index in [4.69, 9.17) is 4.74 Å². The summed E-state index contributed by atoms with van der Waals surface area (Å²) < 4.78 is 5.81. The first-order chi connectivity index (χ1) is 13.9. The molecule has 158 valence electrons. The maximum Gasteiger partial charge on any atom is 0.164 e. The maximum absolute atomic E-state index is 12.4. The van der Waals surface area contributed by atoms with Crippen molar-refractivity contribution in [3.63, 3.8) is 0 Å². The van der Waals surface area contributed by atoms with E-state index in [2.05, 4.69) is 31.2 Å². The molecular weight excluding hydrogens is 364 g/mol. The summed E-state index contributed by atoms with van der Waals surface area (Å²) in [6.45, 7) is 6.22. The molecule has 2 aromatic carbocycles. The van der Waals surface area contributed by atoms with Crippen LogP contribution >= 0.6 is 0 Å². The van der Waals surface area contributed by atoms with Gasteiger partial charge in [0.2, 0.25) is 0 Å². The minimum absolute atomic E-state index is 0.0754. The lowest BCUT2D eigenvalue weighted by molar-refractivity contribution is 0.0972. The molecule has 0 aliphatic rings. The van der Waals surface area contributed by atoms with Gasteiger partial charge in [-0.3, -0.25) is 4.79 Å². The summed E-state index contributed by atoms with van der Waals surface area (Å²) >= 11 is 0. The van der Waals surface area contributed by atoms with Gasteiger partial charge in [0.1, 0.15) is 5.75 Å². The molecule has 0 aromatic heterocycles. The van der Waals surface area contributed by atoms with Gasteiger partial charge in [0.15, 0.2) is 5.78 Å². The van der Waals surface area contributed by atoms with Crippen molar-refractivity contribution >= 4 is 5.78 Å². The Kier molecular flexibility index (Phi) is 9.32. The van der Waals surface area contributed by atoms with Gasteiger partial charge in [0, 0.05) is 37.0 Å². The summed E-state index contributed by atoms with van der Waals surface area (Å²) in [6, 6.07) is 16.7. The Hall–Kier alpha value is -2.21. The minimum atomic E-state index is -0.599. The number of nitrogens with zero attached hydrogens (tertiary/aromatic N) is 1. The number of benzene rings is 2. The fourth-order valence-electron chi connectivity index (χ4n) is 3.26. The molecule has 0 saturated heterocycles. The number of ketones is 1. The molecule has 0 heterocycles. The summed E-state index contributed by atoms with van der Waals surface area (Å²) in [5.74, 6) is 1.29. The number of hydrogen-bond donors (Lipinski definition) is 2. The van der Waals surface area contributed by atoms with Crippen LogP contribution in [0.3, 0.4) is 0 Å². The number of carbonyl (C=O) groups is 1. The monoisotopic (exact) mass is 398 g/mol. The van der Waals surface area contributed by atoms with Crippen molar-refractivity contribution in [1.29, 1.82) is 0 Å². The van der Waals surface area contributed by atoms with Crippen molar-refractivity contribution in [2.45, 2.75) is 32.4 Å². The molecule has 0 aliphatic carbocycles. The highest BCUT2D eigenvalue weighted by Crippen LogP contribution is 2.17. The van der Waals surface area contributed by atoms with Crippen molar-refractivity contribution in [2.75, 3.05) is 33.8 Å². The van der Waals surface area contributed by atoms with Crippen molar-refractivity contribution in [3.8, 4) is 5.75 Å². The Morgan fingerprint density at radius 2 is 1.72 bits per heavy atom. The van der Waals surface area contributed by atoms with E-state index in [1.807, 2.05) is 61.5 Å². The summed E-state index contributed by atoms with van der Waals surface area (Å²) in [5.41, 5.74) is 1.55. The quantitative estimate of drug-likeness (QED) is 0.536. The lowest BCUT2D eigenvalue weighted by Crippen LogP contribution is -2.33. The lowest BCUT2D eigenvalue weighted by Gasteiger charge is -2.20. The average molecular weight is 399 g/mol. The Labute approximate surface area is 174 Å². The summed E-state index contributed by atoms with van der Waals surface area (Å²) in [7, 11) is 4.10. The van der Waals surface area contributed by atoms with Gasteiger partial charge in [-0.15, -0.1) is 0 Å². The van der Waals surface area contributed by atoms with Gasteiger partial charge in [-0.1, -0.05) is 37.3 Å². The zero-order chi connectivity index (χ0) is 21.2. The Morgan fingerprint density at radius 1 is 1.07 bits per heavy atom. The average Bonchev–Trinajstić information content (AvgIpc) is 2.72. The zero-order valence-corrected chi connectivity index (χ0v) is 18.0. The molecule has 3 atom stereocenters. The molecule has 0 saturated carbocycles. The molecule has 0 bridgehead atoms. The largest absolute Gasteiger partial charge is 0.493 e. The van der Waals surface area contributed by atoms with Crippen molar-refractivity contribution in [1.82, 2.24) is 10.2 Å². The molecule has 0 fully saturated rings. The van der Waals surface area contributed by atoms with E-state index in [0.717, 1.165) is 17.9 Å². The van der Waals surface area contributed by atoms with Crippen LogP contribution in [0.1, 0.15) is 42.3 Å². The number of aliphatic hydroxyl groups is 1. The molecule has 0 aliphatic heterocycles. The first-order valence-corrected chi connectivity index (χ1v) is 10.2. The second kappa shape index (κ2) is 11.7. The number of ether oxygens (including phenoxy) is 1. The van der Waals surface area contributed by atoms with Crippen LogP contribution in [0.2, 0.25) is 0 Å². The van der Waals surface area contributed by atoms with E-state index in [1.54, 1.807) is 0 Å². The molecule has 0 spiro atoms. The van der Waals surface area contributed by atoms with E-state index in [-0.39, 0.29) is 11.8 Å².